The highest BCUT2D eigenvalue weighted by atomic mass is 32.1. The molecule has 1 saturated heterocycles. The molecule has 0 radical (unpaired) electrons. The van der Waals surface area contributed by atoms with E-state index in [0.717, 1.165) is 23.4 Å². The molecule has 1 fully saturated rings. The van der Waals surface area contributed by atoms with Gasteiger partial charge in [0.05, 0.1) is 70.8 Å². The van der Waals surface area contributed by atoms with Gasteiger partial charge in [0.2, 0.25) is 35.8 Å². The van der Waals surface area contributed by atoms with Gasteiger partial charge in [-0.15, -0.1) is 5.10 Å². The molecule has 0 bridgehead atoms. The van der Waals surface area contributed by atoms with Crippen LogP contribution in [0.5, 0.6) is 5.75 Å². The summed E-state index contributed by atoms with van der Waals surface area (Å²) in [6, 6.07) is 3.57. The van der Waals surface area contributed by atoms with Gasteiger partial charge in [0.1, 0.15) is 42.2 Å². The number of imide groups is 1. The maximum Gasteiger partial charge on any atom is 0.325 e. The number of unbranched alkanes of at least 4 members (excludes halogenated alkanes) is 1. The largest absolute Gasteiger partial charge is 0.462 e. The van der Waals surface area contributed by atoms with Crippen LogP contribution in [0.1, 0.15) is 65.0 Å². The SMILES string of the molecule is C[C@H](NC(=O)CCCn1cc(CCCCNC(=S)Nc2ccc(O[C@H]3O[C@H](CCP(=O)(O)O)[C@@H](O)[C@H](O)[C@@H]3O)cc2)nn1)C(=O)N[C@@H](C)C(=O)N[C@@H](C)C(=O)NCCOCCOCCOCCOCCC(=O)NCCN1C(=O)C=CC1=O. The Morgan fingerprint density at radius 3 is 1.91 bits per heavy atom. The van der Waals surface area contributed by atoms with Gasteiger partial charge in [-0.1, -0.05) is 5.21 Å². The number of rotatable bonds is 39. The molecule has 2 aliphatic heterocycles. The molecule has 0 saturated carbocycles. The molecule has 3 heterocycles. The van der Waals surface area contributed by atoms with E-state index in [4.69, 9.17) is 40.6 Å². The molecule has 0 spiro atoms. The Kier molecular flexibility index (Phi) is 30.4. The third-order valence-corrected chi connectivity index (χ3v) is 13.3. The van der Waals surface area contributed by atoms with Crippen LogP contribution in [0.3, 0.4) is 0 Å². The first-order chi connectivity index (χ1) is 39.1. The molecule has 30 nitrogen and oxygen atoms in total. The first-order valence-electron chi connectivity index (χ1n) is 26.8. The number of ether oxygens (including phenoxy) is 6. The Morgan fingerprint density at radius 1 is 0.683 bits per heavy atom. The van der Waals surface area contributed by atoms with Crippen molar-refractivity contribution in [3.8, 4) is 5.75 Å². The van der Waals surface area contributed by atoms with Gasteiger partial charge in [-0.3, -0.25) is 47.7 Å². The minimum absolute atomic E-state index is 0.101. The lowest BCUT2D eigenvalue weighted by atomic mass is 9.97. The Labute approximate surface area is 479 Å². The van der Waals surface area contributed by atoms with Crippen LogP contribution < -0.4 is 42.0 Å². The van der Waals surface area contributed by atoms with E-state index < -0.39 is 92.1 Å². The maximum absolute atomic E-state index is 12.8. The van der Waals surface area contributed by atoms with Crippen molar-refractivity contribution in [2.24, 2.45) is 0 Å². The molecule has 82 heavy (non-hydrogen) atoms. The second-order valence-electron chi connectivity index (χ2n) is 19.0. The van der Waals surface area contributed by atoms with E-state index in [0.29, 0.717) is 63.2 Å². The van der Waals surface area contributed by atoms with Crippen LogP contribution in [0.15, 0.2) is 42.6 Å². The third kappa shape index (κ3) is 26.4. The van der Waals surface area contributed by atoms with Gasteiger partial charge in [-0.05, 0) is 89.4 Å². The van der Waals surface area contributed by atoms with Gasteiger partial charge >= 0.3 is 7.60 Å². The minimum atomic E-state index is -4.39. The Hall–Kier alpha value is -6.09. The van der Waals surface area contributed by atoms with Gasteiger partial charge in [0, 0.05) is 69.6 Å². The summed E-state index contributed by atoms with van der Waals surface area (Å²) in [5, 5.41) is 58.7. The van der Waals surface area contributed by atoms with Crippen LogP contribution in [0, 0.1) is 0 Å². The first-order valence-corrected chi connectivity index (χ1v) is 29.0. The highest BCUT2D eigenvalue weighted by Crippen LogP contribution is 2.37. The smallest absolute Gasteiger partial charge is 0.325 e. The van der Waals surface area contributed by atoms with Crippen molar-refractivity contribution in [1.29, 1.82) is 0 Å². The van der Waals surface area contributed by atoms with E-state index in [1.165, 1.54) is 32.9 Å². The number of carbonyl (C=O) groups excluding carboxylic acids is 7. The first kappa shape index (κ1) is 68.4. The lowest BCUT2D eigenvalue weighted by Gasteiger charge is -2.40. The number of nitrogens with one attached hydrogen (secondary N) is 7. The van der Waals surface area contributed by atoms with Gasteiger partial charge in [0.15, 0.2) is 5.11 Å². The molecule has 8 atom stereocenters. The summed E-state index contributed by atoms with van der Waals surface area (Å²) in [7, 11) is -4.39. The Bertz CT molecular complexity index is 2440. The monoisotopic (exact) mass is 1200 g/mol. The number of aliphatic hydroxyl groups is 3. The summed E-state index contributed by atoms with van der Waals surface area (Å²) in [4.78, 5) is 105. The van der Waals surface area contributed by atoms with Crippen LogP contribution in [0.25, 0.3) is 0 Å². The lowest BCUT2D eigenvalue weighted by Crippen LogP contribution is -2.59. The number of nitrogens with zero attached hydrogens (tertiary/aromatic N) is 4. The van der Waals surface area contributed by atoms with Gasteiger partial charge in [-0.25, -0.2) is 0 Å². The summed E-state index contributed by atoms with van der Waals surface area (Å²) < 4.78 is 45.8. The number of aliphatic hydroxyl groups excluding tert-OH is 3. The Morgan fingerprint density at radius 2 is 1.28 bits per heavy atom. The van der Waals surface area contributed by atoms with Gasteiger partial charge < -0.3 is 90.7 Å². The summed E-state index contributed by atoms with van der Waals surface area (Å²) in [5.74, 6) is -2.82. The number of aryl methyl sites for hydroxylation is 2. The molecular weight excluding hydrogens is 1120 g/mol. The fourth-order valence-corrected chi connectivity index (χ4v) is 8.44. The zero-order valence-electron chi connectivity index (χ0n) is 46.1. The lowest BCUT2D eigenvalue weighted by molar-refractivity contribution is -0.272. The molecule has 0 aliphatic carbocycles. The minimum Gasteiger partial charge on any atom is -0.462 e. The molecule has 0 unspecified atom stereocenters. The topological polar surface area (TPSA) is 411 Å². The molecule has 458 valence electrons. The van der Waals surface area contributed by atoms with Crippen molar-refractivity contribution in [2.75, 3.05) is 90.5 Å². The number of anilines is 1. The predicted molar refractivity (Wildman–Crippen MR) is 294 cm³/mol. The van der Waals surface area contributed by atoms with Crippen LogP contribution in [0.4, 0.5) is 5.69 Å². The number of benzene rings is 1. The molecule has 7 amide bonds. The van der Waals surface area contributed by atoms with Crippen molar-refractivity contribution in [3.05, 3.63) is 48.3 Å². The summed E-state index contributed by atoms with van der Waals surface area (Å²) >= 11 is 5.40. The Balaban J connectivity index is 0.944. The predicted octanol–water partition coefficient (Wildman–Crippen LogP) is -2.75. The average molecular weight is 1200 g/mol. The van der Waals surface area contributed by atoms with Gasteiger partial charge in [0.25, 0.3) is 11.8 Å². The van der Waals surface area contributed by atoms with Gasteiger partial charge in [-0.2, -0.15) is 0 Å². The number of aromatic nitrogens is 3. The summed E-state index contributed by atoms with van der Waals surface area (Å²) in [6.45, 7) is 8.03. The maximum atomic E-state index is 12.8. The van der Waals surface area contributed by atoms with E-state index in [9.17, 15) is 63.2 Å². The second-order valence-corrected chi connectivity index (χ2v) is 21.2. The van der Waals surface area contributed by atoms with Crippen molar-refractivity contribution in [1.82, 2.24) is 51.8 Å². The molecule has 12 N–H and O–H groups in total. The van der Waals surface area contributed by atoms with E-state index in [-0.39, 0.29) is 82.9 Å². The zero-order chi connectivity index (χ0) is 60.0. The molecular formula is C50H78N11O19PS. The van der Waals surface area contributed by atoms with Crippen LogP contribution in [-0.2, 0) is 74.8 Å². The normalized spacial score (nSPS) is 19.0. The van der Waals surface area contributed by atoms with Crippen molar-refractivity contribution >= 4 is 72.0 Å². The van der Waals surface area contributed by atoms with Crippen LogP contribution in [0.2, 0.25) is 0 Å². The van der Waals surface area contributed by atoms with Crippen LogP contribution in [-0.4, -0.2) is 225 Å². The summed E-state index contributed by atoms with van der Waals surface area (Å²) in [6.07, 6.45) is -1.27. The highest BCUT2D eigenvalue weighted by molar-refractivity contribution is 7.80. The van der Waals surface area contributed by atoms with E-state index in [2.05, 4.69) is 47.5 Å². The number of thiocarbonyl (C=S) groups is 1. The van der Waals surface area contributed by atoms with Crippen molar-refractivity contribution < 1.29 is 91.7 Å². The molecule has 2 aromatic rings. The number of hydrogen-bond donors (Lipinski definition) is 12. The quantitative estimate of drug-likeness (QED) is 0.0140. The molecule has 32 heteroatoms. The molecule has 1 aromatic heterocycles. The molecule has 1 aromatic carbocycles. The van der Waals surface area contributed by atoms with Crippen molar-refractivity contribution in [2.45, 2.75) is 121 Å². The fraction of sp³-hybridized carbons (Fsp3) is 0.640. The third-order valence-electron chi connectivity index (χ3n) is 12.2. The fourth-order valence-electron chi connectivity index (χ4n) is 7.63. The van der Waals surface area contributed by atoms with E-state index in [1.54, 1.807) is 35.1 Å². The van der Waals surface area contributed by atoms with E-state index >= 15 is 0 Å². The number of carbonyl (C=O) groups is 7. The zero-order valence-corrected chi connectivity index (χ0v) is 47.8. The van der Waals surface area contributed by atoms with Crippen molar-refractivity contribution in [3.63, 3.8) is 0 Å². The second kappa shape index (κ2) is 36.5. The number of hydrogen-bond acceptors (Lipinski definition) is 20. The van der Waals surface area contributed by atoms with Crippen LogP contribution >= 0.6 is 19.8 Å². The summed E-state index contributed by atoms with van der Waals surface area (Å²) in [5.41, 5.74) is 1.39. The average Bonchev–Trinajstić information content (AvgIpc) is 4.19. The molecule has 4 rings (SSSR count). The molecule has 2 aliphatic rings. The number of amides is 7. The highest BCUT2D eigenvalue weighted by Gasteiger charge is 2.45. The van der Waals surface area contributed by atoms with E-state index in [1.807, 2.05) is 0 Å². The standard InChI is InChI=1S/C50H78N11O19PS/c1-32(46(69)52-19-23-76-25-27-78-29-28-77-26-24-75-22-15-39(62)51-18-21-61-41(64)13-14-42(61)65)55-48(71)34(3)56-47(70)33(2)54-40(63)8-6-20-60-31-36(58-59-60)7-4-5-17-53-50(82)57-35-9-11-37(12-10-35)79-49-45(68)44(67)43(66)38(80-49)16-30-81(72,73)74/h9-14,31-34,38,43-45,49,66-68H,4-8,15-30H2,1-3H3,(H,51,62)(H,52,69)(H,54,63)(H,55,71)(H,56,70)(H2,53,57,82)(H2,72,73,74)/t32-,33-,34-,38+,43+,44-,45-,49-/m0/s1.